The molecule has 2 heterocycles. The van der Waals surface area contributed by atoms with Gasteiger partial charge in [-0.2, -0.15) is 0 Å². The lowest BCUT2D eigenvalue weighted by Gasteiger charge is -2.30. The molecule has 0 spiro atoms. The molecule has 0 unspecified atom stereocenters. The van der Waals surface area contributed by atoms with Crippen LogP contribution in [-0.4, -0.2) is 33.4 Å². The van der Waals surface area contributed by atoms with Crippen molar-refractivity contribution in [3.63, 3.8) is 0 Å². The molecule has 0 saturated carbocycles. The Kier molecular flexibility index (Phi) is 3.78. The largest absolute Gasteiger partial charge is 0.369 e. The number of carbonyl (C=O) groups is 1. The average Bonchev–Trinajstić information content (AvgIpc) is 2.77. The first-order chi connectivity index (χ1) is 8.20. The number of primary amides is 1. The molecule has 0 aromatic carbocycles. The van der Waals surface area contributed by atoms with Crippen LogP contribution in [-0.2, 0) is 17.9 Å². The molecule has 0 aliphatic carbocycles. The van der Waals surface area contributed by atoms with Gasteiger partial charge in [-0.3, -0.25) is 9.69 Å². The average molecular weight is 236 g/mol. The Bertz CT molecular complexity index is 380. The molecular formula is C12H20N4O. The van der Waals surface area contributed by atoms with Crippen LogP contribution >= 0.6 is 0 Å². The van der Waals surface area contributed by atoms with Crippen molar-refractivity contribution in [1.29, 1.82) is 0 Å². The summed E-state index contributed by atoms with van der Waals surface area (Å²) in [6, 6.07) is 0. The lowest BCUT2D eigenvalue weighted by Crippen LogP contribution is -2.38. The summed E-state index contributed by atoms with van der Waals surface area (Å²) in [4.78, 5) is 17.8. The quantitative estimate of drug-likeness (QED) is 0.832. The highest BCUT2D eigenvalue weighted by Gasteiger charge is 2.23. The molecular weight excluding hydrogens is 216 g/mol. The van der Waals surface area contributed by atoms with Gasteiger partial charge in [0.05, 0.1) is 6.54 Å². The van der Waals surface area contributed by atoms with Crippen LogP contribution in [0.5, 0.6) is 0 Å². The molecule has 1 amide bonds. The van der Waals surface area contributed by atoms with Crippen LogP contribution in [0.15, 0.2) is 12.4 Å². The fraction of sp³-hybridized carbons (Fsp3) is 0.667. The maximum atomic E-state index is 11.1. The second-order valence-electron chi connectivity index (χ2n) is 4.58. The number of hydrogen-bond donors (Lipinski definition) is 1. The summed E-state index contributed by atoms with van der Waals surface area (Å²) >= 11 is 0. The third kappa shape index (κ3) is 2.85. The molecule has 2 rings (SSSR count). The van der Waals surface area contributed by atoms with Gasteiger partial charge in [0.25, 0.3) is 0 Å². The van der Waals surface area contributed by atoms with E-state index in [4.69, 9.17) is 5.73 Å². The van der Waals surface area contributed by atoms with Crippen LogP contribution in [0.2, 0.25) is 0 Å². The van der Waals surface area contributed by atoms with Crippen molar-refractivity contribution < 1.29 is 4.79 Å². The van der Waals surface area contributed by atoms with Gasteiger partial charge in [0, 0.05) is 24.9 Å². The number of amides is 1. The molecule has 1 aromatic heterocycles. The minimum Gasteiger partial charge on any atom is -0.369 e. The van der Waals surface area contributed by atoms with Gasteiger partial charge in [0.1, 0.15) is 5.82 Å². The van der Waals surface area contributed by atoms with E-state index in [0.717, 1.165) is 44.8 Å². The zero-order valence-electron chi connectivity index (χ0n) is 10.3. The molecule has 17 heavy (non-hydrogen) atoms. The highest BCUT2D eigenvalue weighted by Crippen LogP contribution is 2.18. The first-order valence-corrected chi connectivity index (χ1v) is 6.22. The summed E-state index contributed by atoms with van der Waals surface area (Å²) in [5.41, 5.74) is 5.32. The molecule has 5 heteroatoms. The van der Waals surface area contributed by atoms with Crippen molar-refractivity contribution in [3.05, 3.63) is 18.2 Å². The normalized spacial score (nSPS) is 18.4. The summed E-state index contributed by atoms with van der Waals surface area (Å²) < 4.78 is 2.15. The lowest BCUT2D eigenvalue weighted by molar-refractivity contribution is -0.123. The van der Waals surface area contributed by atoms with E-state index in [1.54, 1.807) is 0 Å². The standard InChI is InChI=1S/C12H20N4O/c1-2-16-8-5-14-11(16)9-15-6-3-10(4-7-15)12(13)17/h5,8,10H,2-4,6-7,9H2,1H3,(H2,13,17). The molecule has 94 valence electrons. The highest BCUT2D eigenvalue weighted by atomic mass is 16.1. The van der Waals surface area contributed by atoms with Gasteiger partial charge in [-0.15, -0.1) is 0 Å². The van der Waals surface area contributed by atoms with Gasteiger partial charge in [0.15, 0.2) is 0 Å². The number of imidazole rings is 1. The first kappa shape index (κ1) is 12.1. The zero-order chi connectivity index (χ0) is 12.3. The van der Waals surface area contributed by atoms with E-state index in [1.807, 2.05) is 12.4 Å². The summed E-state index contributed by atoms with van der Waals surface area (Å²) in [5, 5.41) is 0. The Morgan fingerprint density at radius 1 is 1.53 bits per heavy atom. The van der Waals surface area contributed by atoms with Crippen LogP contribution < -0.4 is 5.73 Å². The van der Waals surface area contributed by atoms with Crippen LogP contribution in [0.25, 0.3) is 0 Å². The molecule has 1 aliphatic rings. The fourth-order valence-electron chi connectivity index (χ4n) is 2.36. The van der Waals surface area contributed by atoms with Gasteiger partial charge >= 0.3 is 0 Å². The van der Waals surface area contributed by atoms with Crippen LogP contribution in [0.3, 0.4) is 0 Å². The molecule has 1 saturated heterocycles. The summed E-state index contributed by atoms with van der Waals surface area (Å²) in [6.45, 7) is 5.80. The first-order valence-electron chi connectivity index (χ1n) is 6.22. The molecule has 5 nitrogen and oxygen atoms in total. The molecule has 2 N–H and O–H groups in total. The molecule has 1 aliphatic heterocycles. The van der Waals surface area contributed by atoms with E-state index in [9.17, 15) is 4.79 Å². The molecule has 0 bridgehead atoms. The predicted molar refractivity (Wildman–Crippen MR) is 65.1 cm³/mol. The maximum Gasteiger partial charge on any atom is 0.220 e. The minimum absolute atomic E-state index is 0.0668. The van der Waals surface area contributed by atoms with Crippen LogP contribution in [0.4, 0.5) is 0 Å². The van der Waals surface area contributed by atoms with Crippen molar-refractivity contribution >= 4 is 5.91 Å². The second-order valence-corrected chi connectivity index (χ2v) is 4.58. The van der Waals surface area contributed by atoms with Gasteiger partial charge in [0.2, 0.25) is 5.91 Å². The van der Waals surface area contributed by atoms with Crippen molar-refractivity contribution in [2.75, 3.05) is 13.1 Å². The van der Waals surface area contributed by atoms with Crippen molar-refractivity contribution in [3.8, 4) is 0 Å². The number of piperidine rings is 1. The van der Waals surface area contributed by atoms with E-state index >= 15 is 0 Å². The van der Waals surface area contributed by atoms with Crippen molar-refractivity contribution in [2.24, 2.45) is 11.7 Å². The second kappa shape index (κ2) is 5.31. The van der Waals surface area contributed by atoms with E-state index in [0.29, 0.717) is 0 Å². The fourth-order valence-corrected chi connectivity index (χ4v) is 2.36. The number of aromatic nitrogens is 2. The van der Waals surface area contributed by atoms with E-state index in [-0.39, 0.29) is 11.8 Å². The number of aryl methyl sites for hydroxylation is 1. The zero-order valence-corrected chi connectivity index (χ0v) is 10.3. The summed E-state index contributed by atoms with van der Waals surface area (Å²) in [5.74, 6) is 1.02. The van der Waals surface area contributed by atoms with Gasteiger partial charge in [-0.25, -0.2) is 4.98 Å². The Balaban J connectivity index is 1.88. The molecule has 1 fully saturated rings. The molecule has 0 atom stereocenters. The maximum absolute atomic E-state index is 11.1. The Labute approximate surface area is 102 Å². The predicted octanol–water partition coefficient (Wildman–Crippen LogP) is 0.600. The topological polar surface area (TPSA) is 64.2 Å². The van der Waals surface area contributed by atoms with Crippen LogP contribution in [0.1, 0.15) is 25.6 Å². The molecule has 0 radical (unpaired) electrons. The highest BCUT2D eigenvalue weighted by molar-refractivity contribution is 5.76. The summed E-state index contributed by atoms with van der Waals surface area (Å²) in [7, 11) is 0. The van der Waals surface area contributed by atoms with E-state index < -0.39 is 0 Å². The van der Waals surface area contributed by atoms with Gasteiger partial charge in [-0.1, -0.05) is 0 Å². The van der Waals surface area contributed by atoms with Crippen molar-refractivity contribution in [1.82, 2.24) is 14.5 Å². The third-order valence-electron chi connectivity index (χ3n) is 3.50. The van der Waals surface area contributed by atoms with E-state index in [1.165, 1.54) is 0 Å². The number of nitrogens with zero attached hydrogens (tertiary/aromatic N) is 3. The number of rotatable bonds is 4. The lowest BCUT2D eigenvalue weighted by atomic mass is 9.96. The number of nitrogens with two attached hydrogens (primary N) is 1. The number of hydrogen-bond acceptors (Lipinski definition) is 3. The third-order valence-corrected chi connectivity index (χ3v) is 3.50. The number of likely N-dealkylation sites (tertiary alicyclic amines) is 1. The SMILES string of the molecule is CCn1ccnc1CN1CCC(C(N)=O)CC1. The van der Waals surface area contributed by atoms with Gasteiger partial charge < -0.3 is 10.3 Å². The Morgan fingerprint density at radius 2 is 2.24 bits per heavy atom. The Morgan fingerprint density at radius 3 is 2.82 bits per heavy atom. The van der Waals surface area contributed by atoms with E-state index in [2.05, 4.69) is 21.4 Å². The molecule has 1 aromatic rings. The monoisotopic (exact) mass is 236 g/mol. The Hall–Kier alpha value is -1.36. The summed E-state index contributed by atoms with van der Waals surface area (Å²) in [6.07, 6.45) is 5.60. The minimum atomic E-state index is -0.153. The van der Waals surface area contributed by atoms with Gasteiger partial charge in [-0.05, 0) is 32.9 Å². The number of carbonyl (C=O) groups excluding carboxylic acids is 1. The van der Waals surface area contributed by atoms with Crippen molar-refractivity contribution in [2.45, 2.75) is 32.9 Å². The van der Waals surface area contributed by atoms with Crippen LogP contribution in [0, 0.1) is 5.92 Å². The smallest absolute Gasteiger partial charge is 0.220 e.